The van der Waals surface area contributed by atoms with Crippen LogP contribution in [0.25, 0.3) is 0 Å². The summed E-state index contributed by atoms with van der Waals surface area (Å²) in [6, 6.07) is 0.904. The number of anilines is 1. The molecule has 124 valence electrons. The summed E-state index contributed by atoms with van der Waals surface area (Å²) >= 11 is 0. The molecule has 3 rings (SSSR count). The van der Waals surface area contributed by atoms with Crippen molar-refractivity contribution in [3.8, 4) is 0 Å². The van der Waals surface area contributed by atoms with E-state index in [4.69, 9.17) is 0 Å². The lowest BCUT2D eigenvalue weighted by Gasteiger charge is -2.23. The van der Waals surface area contributed by atoms with Crippen LogP contribution in [-0.4, -0.2) is 48.8 Å². The Morgan fingerprint density at radius 3 is 2.78 bits per heavy atom. The van der Waals surface area contributed by atoms with Crippen molar-refractivity contribution >= 4 is 5.95 Å². The zero-order chi connectivity index (χ0) is 16.7. The monoisotopic (exact) mass is 328 g/mol. The number of β-amino-alcohol motifs (C(OH)–C–C–N with tert-alkyl or cyclic N) is 1. The van der Waals surface area contributed by atoms with Crippen LogP contribution < -0.4 is 4.90 Å². The number of hydrogen-bond donors (Lipinski definition) is 1. The van der Waals surface area contributed by atoms with E-state index in [2.05, 4.69) is 20.3 Å². The van der Waals surface area contributed by atoms with E-state index in [1.807, 2.05) is 0 Å². The molecule has 2 aromatic rings. The predicted molar refractivity (Wildman–Crippen MR) is 73.6 cm³/mol. The molecule has 1 aliphatic heterocycles. The molecule has 7 nitrogen and oxygen atoms in total. The Balaban J connectivity index is 1.80. The Bertz CT molecular complexity index is 690. The van der Waals surface area contributed by atoms with Gasteiger partial charge in [-0.1, -0.05) is 5.21 Å². The standard InChI is InChI=1S/C13H15F3N6O/c1-9-6-10(13(14,15)16)19-11(18-9)21-4-2-12(23,7-21)8-22-5-3-17-20-22/h3,5-6,23H,2,4,7-8H2,1H3. The van der Waals surface area contributed by atoms with Crippen LogP contribution in [0.3, 0.4) is 0 Å². The third-order valence-electron chi connectivity index (χ3n) is 3.68. The molecular weight excluding hydrogens is 313 g/mol. The number of nitrogens with zero attached hydrogens (tertiary/aromatic N) is 6. The molecule has 0 bridgehead atoms. The second kappa shape index (κ2) is 5.44. The van der Waals surface area contributed by atoms with E-state index in [1.54, 1.807) is 11.1 Å². The van der Waals surface area contributed by atoms with Gasteiger partial charge in [0.25, 0.3) is 0 Å². The van der Waals surface area contributed by atoms with Crippen molar-refractivity contribution in [3.05, 3.63) is 29.8 Å². The maximum Gasteiger partial charge on any atom is 0.433 e. The molecule has 0 aliphatic carbocycles. The summed E-state index contributed by atoms with van der Waals surface area (Å²) in [5, 5.41) is 18.0. The smallest absolute Gasteiger partial charge is 0.386 e. The van der Waals surface area contributed by atoms with E-state index >= 15 is 0 Å². The van der Waals surface area contributed by atoms with E-state index in [0.717, 1.165) is 6.07 Å². The van der Waals surface area contributed by atoms with Crippen LogP contribution in [-0.2, 0) is 12.7 Å². The Morgan fingerprint density at radius 1 is 1.35 bits per heavy atom. The van der Waals surface area contributed by atoms with Crippen LogP contribution in [0.1, 0.15) is 17.8 Å². The van der Waals surface area contributed by atoms with Gasteiger partial charge in [-0.15, -0.1) is 5.10 Å². The summed E-state index contributed by atoms with van der Waals surface area (Å²) < 4.78 is 40.1. The van der Waals surface area contributed by atoms with Crippen LogP contribution >= 0.6 is 0 Å². The number of halogens is 3. The topological polar surface area (TPSA) is 80.0 Å². The van der Waals surface area contributed by atoms with Gasteiger partial charge in [0.2, 0.25) is 5.95 Å². The lowest BCUT2D eigenvalue weighted by atomic mass is 10.0. The fourth-order valence-corrected chi connectivity index (χ4v) is 2.61. The third-order valence-corrected chi connectivity index (χ3v) is 3.68. The van der Waals surface area contributed by atoms with Gasteiger partial charge in [-0.25, -0.2) is 14.6 Å². The molecule has 10 heteroatoms. The Kier molecular flexibility index (Phi) is 3.71. The number of aromatic nitrogens is 5. The molecule has 23 heavy (non-hydrogen) atoms. The highest BCUT2D eigenvalue weighted by Crippen LogP contribution is 2.31. The van der Waals surface area contributed by atoms with Crippen molar-refractivity contribution in [2.75, 3.05) is 18.0 Å². The molecule has 1 fully saturated rings. The first-order valence-corrected chi connectivity index (χ1v) is 7.00. The summed E-state index contributed by atoms with van der Waals surface area (Å²) in [6.45, 7) is 2.19. The number of aliphatic hydroxyl groups is 1. The molecule has 3 heterocycles. The molecule has 1 saturated heterocycles. The quantitative estimate of drug-likeness (QED) is 0.907. The Morgan fingerprint density at radius 2 is 2.13 bits per heavy atom. The van der Waals surface area contributed by atoms with Crippen molar-refractivity contribution in [1.82, 2.24) is 25.0 Å². The summed E-state index contributed by atoms with van der Waals surface area (Å²) in [5.74, 6) is -0.0214. The Hall–Kier alpha value is -2.23. The van der Waals surface area contributed by atoms with Crippen LogP contribution in [0.2, 0.25) is 0 Å². The number of rotatable bonds is 3. The van der Waals surface area contributed by atoms with Crippen molar-refractivity contribution in [1.29, 1.82) is 0 Å². The number of alkyl halides is 3. The highest BCUT2D eigenvalue weighted by atomic mass is 19.4. The fraction of sp³-hybridized carbons (Fsp3) is 0.538. The molecule has 1 N–H and O–H groups in total. The average molecular weight is 328 g/mol. The summed E-state index contributed by atoms with van der Waals surface area (Å²) in [5.41, 5.74) is -1.86. The predicted octanol–water partition coefficient (Wildman–Crippen LogP) is 1.04. The first-order valence-electron chi connectivity index (χ1n) is 7.00. The van der Waals surface area contributed by atoms with Crippen molar-refractivity contribution in [2.24, 2.45) is 0 Å². The molecule has 0 saturated carbocycles. The van der Waals surface area contributed by atoms with Crippen molar-refractivity contribution < 1.29 is 18.3 Å². The van der Waals surface area contributed by atoms with Crippen LogP contribution in [0.4, 0.5) is 19.1 Å². The van der Waals surface area contributed by atoms with Gasteiger partial charge in [-0.3, -0.25) is 0 Å². The minimum absolute atomic E-state index is 0.0214. The van der Waals surface area contributed by atoms with Gasteiger partial charge in [-0.2, -0.15) is 13.2 Å². The van der Waals surface area contributed by atoms with Gasteiger partial charge in [0.05, 0.1) is 19.3 Å². The summed E-state index contributed by atoms with van der Waals surface area (Å²) in [6.07, 6.45) is -1.04. The van der Waals surface area contributed by atoms with Gasteiger partial charge in [0.1, 0.15) is 11.3 Å². The van der Waals surface area contributed by atoms with Crippen LogP contribution in [0.5, 0.6) is 0 Å². The molecule has 0 amide bonds. The molecule has 1 unspecified atom stereocenters. The van der Waals surface area contributed by atoms with Gasteiger partial charge < -0.3 is 10.0 Å². The molecule has 1 atom stereocenters. The largest absolute Gasteiger partial charge is 0.433 e. The Labute approximate surface area is 129 Å². The minimum Gasteiger partial charge on any atom is -0.386 e. The maximum absolute atomic E-state index is 12.9. The van der Waals surface area contributed by atoms with E-state index < -0.39 is 17.5 Å². The molecule has 2 aromatic heterocycles. The molecule has 0 radical (unpaired) electrons. The third kappa shape index (κ3) is 3.41. The average Bonchev–Trinajstić information content (AvgIpc) is 3.07. The summed E-state index contributed by atoms with van der Waals surface area (Å²) in [4.78, 5) is 9.21. The zero-order valence-electron chi connectivity index (χ0n) is 12.3. The van der Waals surface area contributed by atoms with Crippen molar-refractivity contribution in [2.45, 2.75) is 31.7 Å². The van der Waals surface area contributed by atoms with E-state index in [9.17, 15) is 18.3 Å². The number of aryl methyl sites for hydroxylation is 1. The van der Waals surface area contributed by atoms with Crippen molar-refractivity contribution in [3.63, 3.8) is 0 Å². The van der Waals surface area contributed by atoms with E-state index in [1.165, 1.54) is 17.8 Å². The lowest BCUT2D eigenvalue weighted by Crippen LogP contribution is -2.38. The van der Waals surface area contributed by atoms with Crippen LogP contribution in [0, 0.1) is 6.92 Å². The van der Waals surface area contributed by atoms with E-state index in [-0.39, 0.29) is 24.7 Å². The fourth-order valence-electron chi connectivity index (χ4n) is 2.61. The maximum atomic E-state index is 12.9. The molecule has 0 spiro atoms. The van der Waals surface area contributed by atoms with Gasteiger partial charge in [-0.05, 0) is 19.4 Å². The highest BCUT2D eigenvalue weighted by Gasteiger charge is 2.39. The highest BCUT2D eigenvalue weighted by molar-refractivity contribution is 5.36. The normalized spacial score (nSPS) is 21.9. The van der Waals surface area contributed by atoms with Crippen LogP contribution in [0.15, 0.2) is 18.5 Å². The molecule has 1 aliphatic rings. The first kappa shape index (κ1) is 15.7. The second-order valence-corrected chi connectivity index (χ2v) is 5.69. The van der Waals surface area contributed by atoms with Gasteiger partial charge in [0.15, 0.2) is 0 Å². The van der Waals surface area contributed by atoms with Gasteiger partial charge in [0, 0.05) is 18.4 Å². The zero-order valence-corrected chi connectivity index (χ0v) is 12.3. The summed E-state index contributed by atoms with van der Waals surface area (Å²) in [7, 11) is 0. The second-order valence-electron chi connectivity index (χ2n) is 5.69. The lowest BCUT2D eigenvalue weighted by molar-refractivity contribution is -0.141. The van der Waals surface area contributed by atoms with Gasteiger partial charge >= 0.3 is 6.18 Å². The number of hydrogen-bond acceptors (Lipinski definition) is 6. The molecular formula is C13H15F3N6O. The minimum atomic E-state index is -4.53. The SMILES string of the molecule is Cc1cc(C(F)(F)F)nc(N2CCC(O)(Cn3ccnn3)C2)n1. The van der Waals surface area contributed by atoms with E-state index in [0.29, 0.717) is 13.0 Å². The first-order chi connectivity index (χ1) is 10.8. The molecule has 0 aromatic carbocycles.